The van der Waals surface area contributed by atoms with Gasteiger partial charge in [-0.2, -0.15) is 0 Å². The van der Waals surface area contributed by atoms with E-state index in [2.05, 4.69) is 32.6 Å². The zero-order chi connectivity index (χ0) is 13.7. The number of aliphatic hydroxyl groups is 1. The van der Waals surface area contributed by atoms with E-state index in [0.717, 1.165) is 6.54 Å². The second-order valence-corrected chi connectivity index (χ2v) is 5.14. The molecule has 0 saturated carbocycles. The van der Waals surface area contributed by atoms with E-state index in [9.17, 15) is 4.79 Å². The Balaban J connectivity index is 2.76. The van der Waals surface area contributed by atoms with Crippen molar-refractivity contribution in [2.45, 2.75) is 46.3 Å². The van der Waals surface area contributed by atoms with Crippen LogP contribution < -0.4 is 0 Å². The predicted molar refractivity (Wildman–Crippen MR) is 73.7 cm³/mol. The van der Waals surface area contributed by atoms with Gasteiger partial charge in [0, 0.05) is 24.2 Å². The number of nitrogens with zero attached hydrogens (tertiary/aromatic N) is 1. The van der Waals surface area contributed by atoms with Gasteiger partial charge in [0.25, 0.3) is 0 Å². The molecule has 0 aromatic heterocycles. The molecule has 1 rings (SSSR count). The zero-order valence-corrected chi connectivity index (χ0v) is 11.7. The maximum Gasteiger partial charge on any atom is 0.188 e. The van der Waals surface area contributed by atoms with Gasteiger partial charge in [-0.1, -0.05) is 24.3 Å². The van der Waals surface area contributed by atoms with Gasteiger partial charge < -0.3 is 5.11 Å². The average molecular weight is 249 g/mol. The molecule has 1 aromatic carbocycles. The van der Waals surface area contributed by atoms with Crippen LogP contribution in [0.2, 0.25) is 0 Å². The highest BCUT2D eigenvalue weighted by Crippen LogP contribution is 2.13. The average Bonchev–Trinajstić information content (AvgIpc) is 2.35. The van der Waals surface area contributed by atoms with Crippen molar-refractivity contribution in [2.24, 2.45) is 0 Å². The largest absolute Gasteiger partial charge is 0.388 e. The van der Waals surface area contributed by atoms with Crippen LogP contribution in [0, 0.1) is 0 Å². The maximum atomic E-state index is 11.3. The van der Waals surface area contributed by atoms with E-state index in [4.69, 9.17) is 5.11 Å². The summed E-state index contributed by atoms with van der Waals surface area (Å²) in [6.45, 7) is 9.19. The molecule has 18 heavy (non-hydrogen) atoms. The molecule has 3 nitrogen and oxygen atoms in total. The first kappa shape index (κ1) is 14.9. The van der Waals surface area contributed by atoms with Crippen molar-refractivity contribution in [1.82, 2.24) is 4.90 Å². The van der Waals surface area contributed by atoms with E-state index in [1.165, 1.54) is 5.56 Å². The topological polar surface area (TPSA) is 40.5 Å². The lowest BCUT2D eigenvalue weighted by Crippen LogP contribution is -2.36. The number of Topliss-reactive ketones (excluding diaryl/α,β-unsaturated/α-hetero) is 1. The fourth-order valence-corrected chi connectivity index (χ4v) is 2.06. The third-order valence-corrected chi connectivity index (χ3v) is 3.11. The molecule has 0 radical (unpaired) electrons. The van der Waals surface area contributed by atoms with Crippen LogP contribution in [0.4, 0.5) is 0 Å². The smallest absolute Gasteiger partial charge is 0.188 e. The van der Waals surface area contributed by atoms with Gasteiger partial charge in [-0.25, -0.2) is 0 Å². The second kappa shape index (κ2) is 6.66. The number of aliphatic hydroxyl groups excluding tert-OH is 1. The normalized spacial score (nSPS) is 11.6. The van der Waals surface area contributed by atoms with Gasteiger partial charge in [0.15, 0.2) is 5.78 Å². The van der Waals surface area contributed by atoms with Crippen LogP contribution in [0.25, 0.3) is 0 Å². The molecular formula is C15H23NO2. The number of ketones is 1. The molecule has 0 unspecified atom stereocenters. The lowest BCUT2D eigenvalue weighted by molar-refractivity contribution is 0.0903. The van der Waals surface area contributed by atoms with Crippen LogP contribution in [-0.2, 0) is 6.54 Å². The summed E-state index contributed by atoms with van der Waals surface area (Å²) in [5.41, 5.74) is 1.76. The molecule has 1 aromatic rings. The first-order valence-corrected chi connectivity index (χ1v) is 6.44. The van der Waals surface area contributed by atoms with Crippen molar-refractivity contribution in [3.8, 4) is 0 Å². The maximum absolute atomic E-state index is 11.3. The standard InChI is InChI=1S/C15H23NO2/c1-11(2)16(12(3)4)9-13-5-7-14(8-6-13)15(18)10-17/h5-8,11-12,17H,9-10H2,1-4H3. The summed E-state index contributed by atoms with van der Waals surface area (Å²) in [6, 6.07) is 8.47. The zero-order valence-electron chi connectivity index (χ0n) is 11.7. The Bertz CT molecular complexity index is 374. The molecule has 0 aliphatic rings. The van der Waals surface area contributed by atoms with Gasteiger partial charge in [0.1, 0.15) is 6.61 Å². The van der Waals surface area contributed by atoms with E-state index in [1.54, 1.807) is 12.1 Å². The van der Waals surface area contributed by atoms with Crippen LogP contribution in [-0.4, -0.2) is 34.5 Å². The Morgan fingerprint density at radius 1 is 1.11 bits per heavy atom. The van der Waals surface area contributed by atoms with Crippen LogP contribution in [0.1, 0.15) is 43.6 Å². The first-order valence-electron chi connectivity index (χ1n) is 6.44. The molecule has 0 fully saturated rings. The van der Waals surface area contributed by atoms with E-state index in [1.807, 2.05) is 12.1 Å². The summed E-state index contributed by atoms with van der Waals surface area (Å²) in [6.07, 6.45) is 0. The SMILES string of the molecule is CC(C)N(Cc1ccc(C(=O)CO)cc1)C(C)C. The predicted octanol–water partition coefficient (Wildman–Crippen LogP) is 2.48. The molecule has 0 aliphatic heterocycles. The van der Waals surface area contributed by atoms with Crippen molar-refractivity contribution in [3.05, 3.63) is 35.4 Å². The van der Waals surface area contributed by atoms with Gasteiger partial charge in [-0.05, 0) is 33.3 Å². The molecule has 0 amide bonds. The van der Waals surface area contributed by atoms with Crippen LogP contribution in [0.3, 0.4) is 0 Å². The van der Waals surface area contributed by atoms with E-state index >= 15 is 0 Å². The number of rotatable bonds is 6. The van der Waals surface area contributed by atoms with Crippen molar-refractivity contribution in [2.75, 3.05) is 6.61 Å². The molecule has 0 bridgehead atoms. The molecule has 100 valence electrons. The fourth-order valence-electron chi connectivity index (χ4n) is 2.06. The molecule has 0 atom stereocenters. The molecular weight excluding hydrogens is 226 g/mol. The van der Waals surface area contributed by atoms with Crippen LogP contribution in [0.5, 0.6) is 0 Å². The third kappa shape index (κ3) is 3.93. The first-order chi connectivity index (χ1) is 8.45. The Morgan fingerprint density at radius 2 is 1.61 bits per heavy atom. The fraction of sp³-hybridized carbons (Fsp3) is 0.533. The minimum atomic E-state index is -0.427. The van der Waals surface area contributed by atoms with E-state index < -0.39 is 6.61 Å². The summed E-state index contributed by atoms with van der Waals surface area (Å²) >= 11 is 0. The van der Waals surface area contributed by atoms with Gasteiger partial charge in [0.2, 0.25) is 0 Å². The van der Waals surface area contributed by atoms with E-state index in [-0.39, 0.29) is 5.78 Å². The third-order valence-electron chi connectivity index (χ3n) is 3.11. The number of benzene rings is 1. The monoisotopic (exact) mass is 249 g/mol. The Hall–Kier alpha value is -1.19. The lowest BCUT2D eigenvalue weighted by atomic mass is 10.1. The molecule has 3 heteroatoms. The van der Waals surface area contributed by atoms with Crippen molar-refractivity contribution in [3.63, 3.8) is 0 Å². The number of carbonyl (C=O) groups excluding carboxylic acids is 1. The van der Waals surface area contributed by atoms with Crippen LogP contribution >= 0.6 is 0 Å². The van der Waals surface area contributed by atoms with Crippen LogP contribution in [0.15, 0.2) is 24.3 Å². The molecule has 0 aliphatic carbocycles. The van der Waals surface area contributed by atoms with Gasteiger partial charge in [-0.3, -0.25) is 9.69 Å². The summed E-state index contributed by atoms with van der Waals surface area (Å²) in [7, 11) is 0. The summed E-state index contributed by atoms with van der Waals surface area (Å²) in [4.78, 5) is 13.7. The second-order valence-electron chi connectivity index (χ2n) is 5.14. The highest BCUT2D eigenvalue weighted by atomic mass is 16.3. The molecule has 0 spiro atoms. The lowest BCUT2D eigenvalue weighted by Gasteiger charge is -2.30. The minimum absolute atomic E-state index is 0.230. The summed E-state index contributed by atoms with van der Waals surface area (Å²) in [5, 5.41) is 8.79. The molecule has 0 saturated heterocycles. The highest BCUT2D eigenvalue weighted by molar-refractivity contribution is 5.96. The Morgan fingerprint density at radius 3 is 2.00 bits per heavy atom. The Kier molecular flexibility index (Phi) is 5.51. The van der Waals surface area contributed by atoms with Crippen molar-refractivity contribution >= 4 is 5.78 Å². The van der Waals surface area contributed by atoms with Gasteiger partial charge >= 0.3 is 0 Å². The number of hydrogen-bond donors (Lipinski definition) is 1. The number of hydrogen-bond acceptors (Lipinski definition) is 3. The highest BCUT2D eigenvalue weighted by Gasteiger charge is 2.13. The molecule has 1 N–H and O–H groups in total. The Labute approximate surface area is 109 Å². The summed E-state index contributed by atoms with van der Waals surface area (Å²) < 4.78 is 0. The molecule has 0 heterocycles. The van der Waals surface area contributed by atoms with Crippen molar-refractivity contribution < 1.29 is 9.90 Å². The van der Waals surface area contributed by atoms with Gasteiger partial charge in [0.05, 0.1) is 0 Å². The van der Waals surface area contributed by atoms with Crippen molar-refractivity contribution in [1.29, 1.82) is 0 Å². The van der Waals surface area contributed by atoms with E-state index in [0.29, 0.717) is 17.6 Å². The quantitative estimate of drug-likeness (QED) is 0.787. The number of carbonyl (C=O) groups is 1. The van der Waals surface area contributed by atoms with Gasteiger partial charge in [-0.15, -0.1) is 0 Å². The minimum Gasteiger partial charge on any atom is -0.388 e. The summed E-state index contributed by atoms with van der Waals surface area (Å²) in [5.74, 6) is -0.230.